The topological polar surface area (TPSA) is 247 Å². The number of ether oxygens (including phenoxy) is 12. The fourth-order valence-electron chi connectivity index (χ4n) is 18.9. The van der Waals surface area contributed by atoms with E-state index >= 15 is 0 Å². The summed E-state index contributed by atoms with van der Waals surface area (Å²) < 4.78 is 61.5. The monoisotopic (exact) mass is 1480 g/mol. The number of fused-ring (bicyclic) bond motifs is 11. The molecular weight excluding hydrogens is 1330 g/mol. The SMILES string of the molecule is CC.CC.CC.CC.CC.CC.CC.CC.CC.CC.O=C1CC2CCCC2O1.O=C1CC2OC3OCOC3C2O1.O=C1CC2OCCC2O1.O=C1OC2CC3CC(C2)CC1C3.O=C1OC2CC3CC2CC13.O=C1OCC2CCCC12.O=C1OCCC12CC1CCC2C1.O=C1OCCC12CCCCC2. The first-order valence-electron chi connectivity index (χ1n) is 42.8. The molecule has 0 radical (unpaired) electrons. The zero-order valence-electron chi connectivity index (χ0n) is 68.8. The second-order valence-electron chi connectivity index (χ2n) is 28.2. The van der Waals surface area contributed by atoms with Crippen LogP contribution in [-0.4, -0.2) is 136 Å². The molecule has 13 aliphatic heterocycles. The Bertz CT molecular complexity index is 2400. The Balaban J connectivity index is 0.000000299. The van der Waals surface area contributed by atoms with Crippen molar-refractivity contribution in [2.45, 2.75) is 380 Å². The third-order valence-electron chi connectivity index (χ3n) is 23.2. The molecular formula is C84H148O20. The van der Waals surface area contributed by atoms with E-state index in [1.165, 1.54) is 83.5 Å². The quantitative estimate of drug-likeness (QED) is 0.161. The van der Waals surface area contributed by atoms with Crippen LogP contribution < -0.4 is 0 Å². The molecule has 20 nitrogen and oxygen atoms in total. The fourth-order valence-corrected chi connectivity index (χ4v) is 18.9. The number of hydrogen-bond donors (Lipinski definition) is 0. The highest BCUT2D eigenvalue weighted by Gasteiger charge is 2.59. The second kappa shape index (κ2) is 49.6. The van der Waals surface area contributed by atoms with E-state index in [1.807, 2.05) is 138 Å². The van der Waals surface area contributed by atoms with Gasteiger partial charge in [-0.05, 0) is 164 Å². The molecule has 0 amide bonds. The molecule has 0 aromatic carbocycles. The predicted octanol–water partition coefficient (Wildman–Crippen LogP) is 18.1. The first-order valence-corrected chi connectivity index (χ1v) is 42.8. The van der Waals surface area contributed by atoms with Gasteiger partial charge < -0.3 is 56.8 Å². The van der Waals surface area contributed by atoms with Crippen LogP contribution in [0.2, 0.25) is 0 Å². The standard InChI is InChI=1S/2C10H14O2.C9H14O2.C8H10O2.C7H8O5.2C7H10O2.C6H8O3.10C2H6/c11-10-8-2-6-1-7(3-8)5-9(4-6)12-10;11-9-10(3-4-12-9)6-7-1-2-8(10)5-7;10-8-9(6-7-11-8)4-2-1-3-5-9;9-8-6-2-5-1-4(6)3-7(5)10-8;8-4-1-3-5(12-4)6-7(11-3)10-2-9-6;8-7-6-3-1-2-5(6)4-9-7;8-7-4-5-2-1-3-6(5)9-7;7-6-3-5-4(9-6)1-2-8-5;10*1-2/h6-9H,1-5H2;7-8H,1-6H2;1-7H2;4-7H,1-3H2;3,5-7H,1-2H2;2*5-6H,1-4H2;4-5H,1-3H2;10*1-2H3. The van der Waals surface area contributed by atoms with Gasteiger partial charge >= 0.3 is 47.8 Å². The van der Waals surface area contributed by atoms with Crippen molar-refractivity contribution in [3.63, 3.8) is 0 Å². The Morgan fingerprint density at radius 2 is 0.952 bits per heavy atom. The van der Waals surface area contributed by atoms with Gasteiger partial charge in [-0.25, -0.2) is 0 Å². The molecule has 104 heavy (non-hydrogen) atoms. The van der Waals surface area contributed by atoms with Gasteiger partial charge in [0, 0.05) is 18.3 Å². The lowest BCUT2D eigenvalue weighted by atomic mass is 9.68. The van der Waals surface area contributed by atoms with Crippen LogP contribution in [0.15, 0.2) is 0 Å². The summed E-state index contributed by atoms with van der Waals surface area (Å²) in [5, 5.41) is 0. The van der Waals surface area contributed by atoms with E-state index in [1.54, 1.807) is 0 Å². The van der Waals surface area contributed by atoms with Crippen molar-refractivity contribution in [1.29, 1.82) is 0 Å². The third-order valence-corrected chi connectivity index (χ3v) is 23.2. The number of hydrogen-bond acceptors (Lipinski definition) is 20. The maximum atomic E-state index is 11.6. The minimum absolute atomic E-state index is 0.00289. The Kier molecular flexibility index (Phi) is 44.7. The summed E-state index contributed by atoms with van der Waals surface area (Å²) in [4.78, 5) is 88.3. The van der Waals surface area contributed by atoms with Crippen LogP contribution in [0.25, 0.3) is 0 Å². The summed E-state index contributed by atoms with van der Waals surface area (Å²) in [5.41, 5.74) is -0.0266. The van der Waals surface area contributed by atoms with E-state index in [-0.39, 0.29) is 120 Å². The first-order chi connectivity index (χ1) is 50.7. The van der Waals surface area contributed by atoms with E-state index < -0.39 is 0 Å². The van der Waals surface area contributed by atoms with Crippen LogP contribution in [0.4, 0.5) is 0 Å². The molecule has 10 bridgehead atoms. The molecule has 13 heterocycles. The largest absolute Gasteiger partial charge is 0.465 e. The van der Waals surface area contributed by atoms with E-state index in [0.29, 0.717) is 80.9 Å². The Hall–Kier alpha value is -4.40. The van der Waals surface area contributed by atoms with Gasteiger partial charge in [0.05, 0.1) is 74.3 Å². The zero-order chi connectivity index (χ0) is 77.7. The first kappa shape index (κ1) is 93.8. The van der Waals surface area contributed by atoms with Crippen molar-refractivity contribution in [3.8, 4) is 0 Å². The van der Waals surface area contributed by atoms with E-state index in [0.717, 1.165) is 114 Å². The molecule has 22 fully saturated rings. The molecule has 0 aromatic rings. The van der Waals surface area contributed by atoms with Gasteiger partial charge in [0.2, 0.25) is 0 Å². The summed E-state index contributed by atoms with van der Waals surface area (Å²) in [6, 6.07) is 0. The van der Waals surface area contributed by atoms with Crippen LogP contribution in [-0.2, 0) is 95.2 Å². The van der Waals surface area contributed by atoms with Gasteiger partial charge in [0.15, 0.2) is 25.3 Å². The zero-order valence-corrected chi connectivity index (χ0v) is 68.8. The summed E-state index contributed by atoms with van der Waals surface area (Å²) >= 11 is 0. The average Bonchev–Trinajstić information content (AvgIpc) is 1.58. The smallest absolute Gasteiger partial charge is 0.312 e. The van der Waals surface area contributed by atoms with Gasteiger partial charge in [0.25, 0.3) is 0 Å². The molecule has 22 rings (SSSR count). The normalized spacial score (nSPS) is 37.0. The molecule has 0 N–H and O–H groups in total. The minimum Gasteiger partial charge on any atom is -0.465 e. The molecule has 13 saturated heterocycles. The number of cyclic esters (lactones) is 3. The van der Waals surface area contributed by atoms with Crippen molar-refractivity contribution >= 4 is 47.8 Å². The Morgan fingerprint density at radius 1 is 0.346 bits per heavy atom. The molecule has 19 atom stereocenters. The third kappa shape index (κ3) is 24.6. The lowest BCUT2D eigenvalue weighted by Gasteiger charge is -2.35. The summed E-state index contributed by atoms with van der Waals surface area (Å²) in [7, 11) is 0. The van der Waals surface area contributed by atoms with Gasteiger partial charge in [0.1, 0.15) is 36.6 Å². The molecule has 19 unspecified atom stereocenters. The van der Waals surface area contributed by atoms with Crippen LogP contribution >= 0.6 is 0 Å². The molecule has 9 saturated carbocycles. The summed E-state index contributed by atoms with van der Waals surface area (Å²) in [6.07, 6.45) is 32.0. The van der Waals surface area contributed by atoms with E-state index in [4.69, 9.17) is 56.8 Å². The van der Waals surface area contributed by atoms with Crippen molar-refractivity contribution < 1.29 is 95.2 Å². The predicted molar refractivity (Wildman–Crippen MR) is 402 cm³/mol. The highest BCUT2D eigenvalue weighted by molar-refractivity contribution is 5.80. The highest BCUT2D eigenvalue weighted by atomic mass is 16.8. The number of carbonyl (C=O) groups excluding carboxylic acids is 8. The number of esters is 8. The van der Waals surface area contributed by atoms with Crippen LogP contribution in [0.3, 0.4) is 0 Å². The van der Waals surface area contributed by atoms with Crippen LogP contribution in [0.5, 0.6) is 0 Å². The van der Waals surface area contributed by atoms with E-state index in [2.05, 4.69) is 0 Å². The van der Waals surface area contributed by atoms with Gasteiger partial charge in [-0.15, -0.1) is 0 Å². The van der Waals surface area contributed by atoms with E-state index in [9.17, 15) is 38.4 Å². The Morgan fingerprint density at radius 3 is 1.50 bits per heavy atom. The van der Waals surface area contributed by atoms with Crippen LogP contribution in [0, 0.1) is 75.9 Å². The molecule has 22 aliphatic rings. The molecule has 2 spiro atoms. The summed E-state index contributed by atoms with van der Waals surface area (Å²) in [6.45, 7) is 43.0. The van der Waals surface area contributed by atoms with Crippen molar-refractivity contribution in [2.75, 3.05) is 33.2 Å². The number of carbonyl (C=O) groups is 8. The molecule has 604 valence electrons. The lowest BCUT2D eigenvalue weighted by molar-refractivity contribution is -0.169. The lowest BCUT2D eigenvalue weighted by Crippen LogP contribution is -2.39. The summed E-state index contributed by atoms with van der Waals surface area (Å²) in [5.74, 6) is 6.74. The van der Waals surface area contributed by atoms with Crippen LogP contribution in [0.1, 0.15) is 325 Å². The van der Waals surface area contributed by atoms with Crippen molar-refractivity contribution in [2.24, 2.45) is 75.9 Å². The second-order valence-corrected chi connectivity index (χ2v) is 28.2. The Labute approximate surface area is 629 Å². The maximum Gasteiger partial charge on any atom is 0.312 e. The molecule has 20 heteroatoms. The van der Waals surface area contributed by atoms with Gasteiger partial charge in [-0.3, -0.25) is 38.4 Å². The minimum atomic E-state index is -0.326. The van der Waals surface area contributed by atoms with Gasteiger partial charge in [-0.2, -0.15) is 0 Å². The van der Waals surface area contributed by atoms with Gasteiger partial charge in [-0.1, -0.05) is 171 Å². The maximum absolute atomic E-state index is 11.6. The number of rotatable bonds is 0. The molecule has 9 aliphatic carbocycles. The highest BCUT2D eigenvalue weighted by Crippen LogP contribution is 2.60. The molecule has 0 aromatic heterocycles. The average molecular weight is 1480 g/mol. The van der Waals surface area contributed by atoms with Crippen molar-refractivity contribution in [3.05, 3.63) is 0 Å². The van der Waals surface area contributed by atoms with Crippen molar-refractivity contribution in [1.82, 2.24) is 0 Å². The fraction of sp³-hybridized carbons (Fsp3) is 0.905.